The van der Waals surface area contributed by atoms with Gasteiger partial charge in [-0.1, -0.05) is 28.1 Å². The predicted octanol–water partition coefficient (Wildman–Crippen LogP) is 5.17. The van der Waals surface area contributed by atoms with E-state index >= 15 is 0 Å². The van der Waals surface area contributed by atoms with Gasteiger partial charge < -0.3 is 14.8 Å². The van der Waals surface area contributed by atoms with Crippen molar-refractivity contribution < 1.29 is 14.3 Å². The molecule has 0 saturated carbocycles. The first-order chi connectivity index (χ1) is 14.1. The van der Waals surface area contributed by atoms with E-state index in [0.717, 1.165) is 26.7 Å². The number of rotatable bonds is 6. The summed E-state index contributed by atoms with van der Waals surface area (Å²) in [6.45, 7) is 0.404. The van der Waals surface area contributed by atoms with Gasteiger partial charge in [-0.3, -0.25) is 9.89 Å². The number of nitrogens with one attached hydrogen (secondary N) is 2. The van der Waals surface area contributed by atoms with Crippen LogP contribution in [0, 0.1) is 0 Å². The van der Waals surface area contributed by atoms with E-state index in [0.29, 0.717) is 23.7 Å². The summed E-state index contributed by atoms with van der Waals surface area (Å²) in [7, 11) is 1.64. The third-order valence-electron chi connectivity index (χ3n) is 4.41. The quantitative estimate of drug-likeness (QED) is 0.424. The molecule has 7 heteroatoms. The average Bonchev–Trinajstić information content (AvgIpc) is 3.15. The topological polar surface area (TPSA) is 76.2 Å². The van der Waals surface area contributed by atoms with Crippen molar-refractivity contribution in [3.05, 3.63) is 82.3 Å². The lowest BCUT2D eigenvalue weighted by molar-refractivity contribution is 0.102. The van der Waals surface area contributed by atoms with Crippen molar-refractivity contribution in [3.8, 4) is 11.5 Å². The molecular formula is C22H18BrN3O3. The number of carbonyl (C=O) groups excluding carboxylic acids is 1. The molecule has 4 aromatic rings. The third kappa shape index (κ3) is 4.41. The fourth-order valence-electron chi connectivity index (χ4n) is 2.89. The molecule has 0 unspecified atom stereocenters. The highest BCUT2D eigenvalue weighted by Gasteiger charge is 2.12. The van der Waals surface area contributed by atoms with Crippen LogP contribution in [0.5, 0.6) is 11.5 Å². The number of anilines is 1. The minimum absolute atomic E-state index is 0.228. The molecule has 0 spiro atoms. The van der Waals surface area contributed by atoms with Gasteiger partial charge in [-0.25, -0.2) is 0 Å². The van der Waals surface area contributed by atoms with Gasteiger partial charge in [0.2, 0.25) is 0 Å². The molecule has 1 amide bonds. The Morgan fingerprint density at radius 2 is 1.90 bits per heavy atom. The van der Waals surface area contributed by atoms with E-state index in [1.807, 2.05) is 54.6 Å². The number of aromatic nitrogens is 2. The van der Waals surface area contributed by atoms with Crippen molar-refractivity contribution >= 4 is 38.6 Å². The summed E-state index contributed by atoms with van der Waals surface area (Å²) in [6, 6.07) is 20.4. The van der Waals surface area contributed by atoms with Gasteiger partial charge in [0.05, 0.1) is 12.6 Å². The molecule has 146 valence electrons. The number of hydrogen-bond acceptors (Lipinski definition) is 4. The van der Waals surface area contributed by atoms with Crippen molar-refractivity contribution in [1.82, 2.24) is 10.2 Å². The first kappa shape index (κ1) is 19.0. The van der Waals surface area contributed by atoms with Crippen LogP contribution in [0.3, 0.4) is 0 Å². The molecule has 0 aliphatic carbocycles. The van der Waals surface area contributed by atoms with Gasteiger partial charge in [0.1, 0.15) is 18.1 Å². The van der Waals surface area contributed by atoms with Crippen LogP contribution in [-0.2, 0) is 6.61 Å². The van der Waals surface area contributed by atoms with Crippen molar-refractivity contribution in [2.75, 3.05) is 12.4 Å². The second kappa shape index (κ2) is 8.36. The van der Waals surface area contributed by atoms with Crippen molar-refractivity contribution in [1.29, 1.82) is 0 Å². The number of methoxy groups -OCH3 is 1. The lowest BCUT2D eigenvalue weighted by Gasteiger charge is -2.08. The van der Waals surface area contributed by atoms with Gasteiger partial charge in [-0.15, -0.1) is 0 Å². The summed E-state index contributed by atoms with van der Waals surface area (Å²) in [5.74, 6) is 1.70. The standard InChI is InChI=1S/C22H18BrN3O3/c1-28-17-4-2-3-14(11-17)13-29-18-9-10-20-19(12-18)21(26-25-20)24-22(27)15-5-7-16(23)8-6-15/h2-12H,13H2,1H3,(H2,24,25,26,27). The van der Waals surface area contributed by atoms with Gasteiger partial charge in [0, 0.05) is 15.4 Å². The summed E-state index contributed by atoms with van der Waals surface area (Å²) in [4.78, 5) is 12.5. The number of nitrogens with zero attached hydrogens (tertiary/aromatic N) is 1. The Bertz CT molecular complexity index is 1160. The molecule has 0 fully saturated rings. The maximum Gasteiger partial charge on any atom is 0.256 e. The molecule has 0 aliphatic heterocycles. The maximum atomic E-state index is 12.5. The third-order valence-corrected chi connectivity index (χ3v) is 4.94. The van der Waals surface area contributed by atoms with Crippen LogP contribution in [0.15, 0.2) is 71.2 Å². The van der Waals surface area contributed by atoms with Crippen LogP contribution in [0.4, 0.5) is 5.82 Å². The van der Waals surface area contributed by atoms with Crippen LogP contribution in [0.1, 0.15) is 15.9 Å². The molecule has 29 heavy (non-hydrogen) atoms. The zero-order valence-electron chi connectivity index (χ0n) is 15.6. The van der Waals surface area contributed by atoms with Crippen LogP contribution >= 0.6 is 15.9 Å². The number of fused-ring (bicyclic) bond motifs is 1. The highest BCUT2D eigenvalue weighted by atomic mass is 79.9. The molecule has 4 rings (SSSR count). The Hall–Kier alpha value is -3.32. The smallest absolute Gasteiger partial charge is 0.256 e. The highest BCUT2D eigenvalue weighted by molar-refractivity contribution is 9.10. The molecule has 1 heterocycles. The van der Waals surface area contributed by atoms with Crippen LogP contribution in [0.2, 0.25) is 0 Å². The molecule has 0 radical (unpaired) electrons. The van der Waals surface area contributed by atoms with Crippen molar-refractivity contribution in [3.63, 3.8) is 0 Å². The monoisotopic (exact) mass is 451 g/mol. The molecule has 2 N–H and O–H groups in total. The summed E-state index contributed by atoms with van der Waals surface area (Å²) in [5, 5.41) is 10.8. The fourth-order valence-corrected chi connectivity index (χ4v) is 3.15. The number of aromatic amines is 1. The summed E-state index contributed by atoms with van der Waals surface area (Å²) in [5.41, 5.74) is 2.36. The number of halogens is 1. The lowest BCUT2D eigenvalue weighted by atomic mass is 10.2. The summed E-state index contributed by atoms with van der Waals surface area (Å²) < 4.78 is 12.1. The van der Waals surface area contributed by atoms with E-state index in [2.05, 4.69) is 31.4 Å². The molecular weight excluding hydrogens is 434 g/mol. The summed E-state index contributed by atoms with van der Waals surface area (Å²) >= 11 is 3.37. The average molecular weight is 452 g/mol. The second-order valence-electron chi connectivity index (χ2n) is 6.38. The van der Waals surface area contributed by atoms with Gasteiger partial charge in [-0.2, -0.15) is 5.10 Å². The van der Waals surface area contributed by atoms with E-state index in [1.165, 1.54) is 0 Å². The van der Waals surface area contributed by atoms with Crippen LogP contribution in [0.25, 0.3) is 10.9 Å². The van der Waals surface area contributed by atoms with E-state index in [9.17, 15) is 4.79 Å². The van der Waals surface area contributed by atoms with Gasteiger partial charge >= 0.3 is 0 Å². The molecule has 6 nitrogen and oxygen atoms in total. The molecule has 0 atom stereocenters. The minimum Gasteiger partial charge on any atom is -0.497 e. The van der Waals surface area contributed by atoms with Crippen LogP contribution < -0.4 is 14.8 Å². The van der Waals surface area contributed by atoms with E-state index in [-0.39, 0.29) is 5.91 Å². The zero-order valence-corrected chi connectivity index (χ0v) is 17.2. The van der Waals surface area contributed by atoms with Gasteiger partial charge in [-0.05, 0) is 60.2 Å². The zero-order chi connectivity index (χ0) is 20.2. The largest absolute Gasteiger partial charge is 0.497 e. The number of carbonyl (C=O) groups is 1. The molecule has 0 saturated heterocycles. The molecule has 3 aromatic carbocycles. The second-order valence-corrected chi connectivity index (χ2v) is 7.30. The number of amides is 1. The van der Waals surface area contributed by atoms with Gasteiger partial charge in [0.15, 0.2) is 5.82 Å². The van der Waals surface area contributed by atoms with Crippen molar-refractivity contribution in [2.24, 2.45) is 0 Å². The van der Waals surface area contributed by atoms with Crippen molar-refractivity contribution in [2.45, 2.75) is 6.61 Å². The minimum atomic E-state index is -0.228. The Morgan fingerprint density at radius 1 is 1.07 bits per heavy atom. The SMILES string of the molecule is COc1cccc(COc2ccc3[nH]nc(NC(=O)c4ccc(Br)cc4)c3c2)c1. The Labute approximate surface area is 176 Å². The fraction of sp³-hybridized carbons (Fsp3) is 0.0909. The number of ether oxygens (including phenoxy) is 2. The first-order valence-electron chi connectivity index (χ1n) is 8.93. The Balaban J connectivity index is 1.51. The molecule has 0 bridgehead atoms. The van der Waals surface area contributed by atoms with E-state index in [1.54, 1.807) is 19.2 Å². The van der Waals surface area contributed by atoms with Crippen LogP contribution in [-0.4, -0.2) is 23.2 Å². The Kier molecular flexibility index (Phi) is 5.48. The molecule has 0 aliphatic rings. The lowest BCUT2D eigenvalue weighted by Crippen LogP contribution is -2.12. The number of benzene rings is 3. The van der Waals surface area contributed by atoms with E-state index < -0.39 is 0 Å². The highest BCUT2D eigenvalue weighted by Crippen LogP contribution is 2.26. The van der Waals surface area contributed by atoms with E-state index in [4.69, 9.17) is 9.47 Å². The predicted molar refractivity (Wildman–Crippen MR) is 116 cm³/mol. The number of hydrogen-bond donors (Lipinski definition) is 2. The molecule has 1 aromatic heterocycles. The normalized spacial score (nSPS) is 10.7. The Morgan fingerprint density at radius 3 is 2.69 bits per heavy atom. The maximum absolute atomic E-state index is 12.5. The van der Waals surface area contributed by atoms with Gasteiger partial charge in [0.25, 0.3) is 5.91 Å². The summed E-state index contributed by atoms with van der Waals surface area (Å²) in [6.07, 6.45) is 0. The number of H-pyrrole nitrogens is 1. The first-order valence-corrected chi connectivity index (χ1v) is 9.72.